The van der Waals surface area contributed by atoms with Gasteiger partial charge in [-0.05, 0) is 47.9 Å². The van der Waals surface area contributed by atoms with Gasteiger partial charge in [-0.25, -0.2) is 4.68 Å². The Morgan fingerprint density at radius 1 is 0.949 bits per heavy atom. The van der Waals surface area contributed by atoms with Gasteiger partial charge in [0.25, 0.3) is 5.91 Å². The third kappa shape index (κ3) is 6.82. The Bertz CT molecular complexity index is 1420. The number of carbonyl (C=O) groups excluding carboxylic acids is 1. The molecule has 1 amide bonds. The van der Waals surface area contributed by atoms with E-state index in [1.165, 1.54) is 12.4 Å². The van der Waals surface area contributed by atoms with E-state index in [9.17, 15) is 31.1 Å². The average molecular weight is 548 g/mol. The van der Waals surface area contributed by atoms with Crippen molar-refractivity contribution >= 4 is 5.91 Å². The van der Waals surface area contributed by atoms with E-state index in [4.69, 9.17) is 4.74 Å². The van der Waals surface area contributed by atoms with Gasteiger partial charge in [-0.2, -0.15) is 31.4 Å². The van der Waals surface area contributed by atoms with Crippen molar-refractivity contribution in [3.05, 3.63) is 107 Å². The maximum Gasteiger partial charge on any atom is 0.416 e. The number of benzene rings is 2. The second kappa shape index (κ2) is 11.3. The molecule has 6 nitrogen and oxygen atoms in total. The molecule has 0 fully saturated rings. The summed E-state index contributed by atoms with van der Waals surface area (Å²) >= 11 is 0. The molecule has 4 rings (SSSR count). The van der Waals surface area contributed by atoms with Crippen molar-refractivity contribution in [3.63, 3.8) is 0 Å². The number of nitrogens with one attached hydrogen (secondary N) is 1. The summed E-state index contributed by atoms with van der Waals surface area (Å²) in [6.07, 6.45) is -5.53. The summed E-state index contributed by atoms with van der Waals surface area (Å²) < 4.78 is 86.6. The lowest BCUT2D eigenvalue weighted by atomic mass is 10.0. The fourth-order valence-electron chi connectivity index (χ4n) is 3.91. The highest BCUT2D eigenvalue weighted by Gasteiger charge is 2.37. The van der Waals surface area contributed by atoms with Crippen LogP contribution in [0.2, 0.25) is 0 Å². The largest absolute Gasteiger partial charge is 0.416 e. The Balaban J connectivity index is 1.54. The van der Waals surface area contributed by atoms with Crippen molar-refractivity contribution < 1.29 is 35.9 Å². The van der Waals surface area contributed by atoms with Gasteiger partial charge in [0.1, 0.15) is 6.73 Å². The molecule has 0 saturated carbocycles. The molecule has 1 N–H and O–H groups in total. The number of hydrogen-bond donors (Lipinski definition) is 1. The lowest BCUT2D eigenvalue weighted by Gasteiger charge is -2.15. The van der Waals surface area contributed by atoms with Crippen LogP contribution in [0.5, 0.6) is 0 Å². The SMILES string of the molecule is Cc1cnn(COCc2ccccc2)c1-c1ccncc1CNC(=O)c1cc(C(F)(F)F)cc(C(F)(F)F)c1. The number of ether oxygens (including phenoxy) is 1. The highest BCUT2D eigenvalue weighted by atomic mass is 19.4. The zero-order chi connectivity index (χ0) is 28.2. The van der Waals surface area contributed by atoms with Gasteiger partial charge in [0.15, 0.2) is 0 Å². The molecule has 0 aliphatic rings. The van der Waals surface area contributed by atoms with Crippen molar-refractivity contribution in [1.29, 1.82) is 0 Å². The van der Waals surface area contributed by atoms with Crippen molar-refractivity contribution in [2.24, 2.45) is 0 Å². The first-order valence-corrected chi connectivity index (χ1v) is 11.6. The van der Waals surface area contributed by atoms with Crippen molar-refractivity contribution in [2.45, 2.75) is 39.2 Å². The molecule has 2 aromatic carbocycles. The molecule has 0 spiro atoms. The first kappa shape index (κ1) is 27.8. The lowest BCUT2D eigenvalue weighted by molar-refractivity contribution is -0.143. The van der Waals surface area contributed by atoms with Gasteiger partial charge in [-0.15, -0.1) is 0 Å². The van der Waals surface area contributed by atoms with Crippen LogP contribution in [-0.2, 0) is 37.0 Å². The first-order chi connectivity index (χ1) is 18.4. The molecule has 12 heteroatoms. The number of aromatic nitrogens is 3. The van der Waals surface area contributed by atoms with Crippen LogP contribution in [-0.4, -0.2) is 20.7 Å². The van der Waals surface area contributed by atoms with Crippen LogP contribution in [0, 0.1) is 6.92 Å². The van der Waals surface area contributed by atoms with Crippen molar-refractivity contribution in [3.8, 4) is 11.3 Å². The van der Waals surface area contributed by atoms with Crippen molar-refractivity contribution in [1.82, 2.24) is 20.1 Å². The lowest BCUT2D eigenvalue weighted by Crippen LogP contribution is -2.25. The summed E-state index contributed by atoms with van der Waals surface area (Å²) in [6.45, 7) is 2.06. The van der Waals surface area contributed by atoms with Crippen LogP contribution in [0.1, 0.15) is 38.2 Å². The third-order valence-corrected chi connectivity index (χ3v) is 5.80. The van der Waals surface area contributed by atoms with Crippen LogP contribution in [0.3, 0.4) is 0 Å². The van der Waals surface area contributed by atoms with Gasteiger partial charge in [0.05, 0.1) is 29.6 Å². The number of nitrogens with zero attached hydrogens (tertiary/aromatic N) is 3. The van der Waals surface area contributed by atoms with Crippen LogP contribution in [0.25, 0.3) is 11.3 Å². The van der Waals surface area contributed by atoms with Gasteiger partial charge in [0, 0.05) is 30.1 Å². The summed E-state index contributed by atoms with van der Waals surface area (Å²) in [7, 11) is 0. The molecule has 0 aliphatic carbocycles. The maximum absolute atomic E-state index is 13.2. The molecule has 4 aromatic rings. The molecule has 0 unspecified atom stereocenters. The normalized spacial score (nSPS) is 12.0. The number of pyridine rings is 1. The Morgan fingerprint density at radius 3 is 2.26 bits per heavy atom. The van der Waals surface area contributed by atoms with Crippen LogP contribution >= 0.6 is 0 Å². The number of alkyl halides is 6. The van der Waals surface area contributed by atoms with Crippen molar-refractivity contribution in [2.75, 3.05) is 0 Å². The summed E-state index contributed by atoms with van der Waals surface area (Å²) in [6, 6.07) is 11.9. The minimum Gasteiger partial charge on any atom is -0.355 e. The third-order valence-electron chi connectivity index (χ3n) is 5.80. The van der Waals surface area contributed by atoms with E-state index in [-0.39, 0.29) is 19.3 Å². The van der Waals surface area contributed by atoms with E-state index >= 15 is 0 Å². The predicted octanol–water partition coefficient (Wildman–Crippen LogP) is 6.40. The Morgan fingerprint density at radius 2 is 1.62 bits per heavy atom. The number of halogens is 6. The number of carbonyl (C=O) groups is 1. The minimum absolute atomic E-state index is 0.0280. The van der Waals surface area contributed by atoms with Crippen LogP contribution in [0.15, 0.2) is 73.2 Å². The Labute approximate surface area is 219 Å². The van der Waals surface area contributed by atoms with Gasteiger partial charge in [-0.3, -0.25) is 9.78 Å². The molecule has 39 heavy (non-hydrogen) atoms. The van der Waals surface area contributed by atoms with E-state index in [0.717, 1.165) is 11.1 Å². The minimum atomic E-state index is -5.06. The summed E-state index contributed by atoms with van der Waals surface area (Å²) in [4.78, 5) is 16.7. The molecule has 0 atom stereocenters. The van der Waals surface area contributed by atoms with Gasteiger partial charge < -0.3 is 10.1 Å². The van der Waals surface area contributed by atoms with Gasteiger partial charge in [-0.1, -0.05) is 30.3 Å². The average Bonchev–Trinajstić information content (AvgIpc) is 3.26. The summed E-state index contributed by atoms with van der Waals surface area (Å²) in [5.74, 6) is -1.10. The molecule has 2 aromatic heterocycles. The highest BCUT2D eigenvalue weighted by Crippen LogP contribution is 2.36. The van der Waals surface area contributed by atoms with E-state index < -0.39 is 35.0 Å². The first-order valence-electron chi connectivity index (χ1n) is 11.6. The molecule has 0 saturated heterocycles. The number of rotatable bonds is 8. The van der Waals surface area contributed by atoms with Gasteiger partial charge in [0.2, 0.25) is 0 Å². The quantitative estimate of drug-likeness (QED) is 0.259. The molecule has 2 heterocycles. The summed E-state index contributed by atoms with van der Waals surface area (Å²) in [5, 5.41) is 6.75. The zero-order valence-corrected chi connectivity index (χ0v) is 20.5. The fourth-order valence-corrected chi connectivity index (χ4v) is 3.91. The topological polar surface area (TPSA) is 69.0 Å². The van der Waals surface area contributed by atoms with E-state index in [1.807, 2.05) is 37.3 Å². The molecule has 0 radical (unpaired) electrons. The van der Waals surface area contributed by atoms with E-state index in [2.05, 4.69) is 15.4 Å². The predicted molar refractivity (Wildman–Crippen MR) is 129 cm³/mol. The van der Waals surface area contributed by atoms with Gasteiger partial charge >= 0.3 is 12.4 Å². The molecule has 0 bridgehead atoms. The Kier molecular flexibility index (Phi) is 8.05. The monoisotopic (exact) mass is 548 g/mol. The number of aryl methyl sites for hydroxylation is 1. The van der Waals surface area contributed by atoms with Crippen LogP contribution < -0.4 is 5.32 Å². The smallest absolute Gasteiger partial charge is 0.355 e. The Hall–Kier alpha value is -4.19. The number of amides is 1. The standard InChI is InChI=1S/C27H22F6N4O2/c1-17-12-36-37(16-39-15-18-5-3-2-4-6-18)24(17)23-7-8-34-13-20(23)14-35-25(38)19-9-21(26(28,29)30)11-22(10-19)27(31,32)33/h2-13H,14-16H2,1H3,(H,35,38). The fraction of sp³-hybridized carbons (Fsp3) is 0.222. The molecule has 204 valence electrons. The second-order valence-corrected chi connectivity index (χ2v) is 8.65. The number of hydrogen-bond acceptors (Lipinski definition) is 4. The highest BCUT2D eigenvalue weighted by molar-refractivity contribution is 5.94. The zero-order valence-electron chi connectivity index (χ0n) is 20.5. The molecular formula is C27H22F6N4O2. The van der Waals surface area contributed by atoms with E-state index in [0.29, 0.717) is 35.6 Å². The van der Waals surface area contributed by atoms with E-state index in [1.54, 1.807) is 16.9 Å². The maximum atomic E-state index is 13.2. The molecule has 0 aliphatic heterocycles. The van der Waals surface area contributed by atoms with Crippen LogP contribution in [0.4, 0.5) is 26.3 Å². The summed E-state index contributed by atoms with van der Waals surface area (Å²) in [5.41, 5.74) is -0.404. The molecular weight excluding hydrogens is 526 g/mol. The second-order valence-electron chi connectivity index (χ2n) is 8.65.